The quantitative estimate of drug-likeness (QED) is 0.731. The summed E-state index contributed by atoms with van der Waals surface area (Å²) in [5.41, 5.74) is 0.575. The molecule has 7 nitrogen and oxygen atoms in total. The van der Waals surface area contributed by atoms with Crippen molar-refractivity contribution < 1.29 is 14.3 Å². The van der Waals surface area contributed by atoms with E-state index >= 15 is 0 Å². The lowest BCUT2D eigenvalue weighted by molar-refractivity contribution is 0.0783. The van der Waals surface area contributed by atoms with Gasteiger partial charge < -0.3 is 19.9 Å². The average molecular weight is 383 g/mol. The second-order valence-electron chi connectivity index (χ2n) is 7.13. The molecule has 1 aliphatic rings. The number of amides is 2. The monoisotopic (exact) mass is 383 g/mol. The van der Waals surface area contributed by atoms with Gasteiger partial charge in [0.2, 0.25) is 0 Å². The Labute approximate surface area is 163 Å². The van der Waals surface area contributed by atoms with Crippen molar-refractivity contribution in [3.05, 3.63) is 63.6 Å². The van der Waals surface area contributed by atoms with Crippen LogP contribution in [0.15, 0.2) is 41.3 Å². The molecule has 0 spiro atoms. The third kappa shape index (κ3) is 5.00. The number of carbonyl (C=O) groups excluding carboxylic acids is 2. The van der Waals surface area contributed by atoms with E-state index in [1.807, 2.05) is 24.3 Å². The second kappa shape index (κ2) is 8.73. The number of carbonyl (C=O) groups is 2. The molecule has 28 heavy (non-hydrogen) atoms. The lowest BCUT2D eigenvalue weighted by atomic mass is 10.1. The number of nitrogens with one attached hydrogen (secondary N) is 2. The van der Waals surface area contributed by atoms with Gasteiger partial charge in [0.05, 0.1) is 12.7 Å². The molecule has 7 heteroatoms. The highest BCUT2D eigenvalue weighted by Crippen LogP contribution is 2.31. The van der Waals surface area contributed by atoms with Crippen LogP contribution < -0.4 is 15.6 Å². The molecule has 1 fully saturated rings. The fraction of sp³-hybridized carbons (Fsp3) is 0.381. The third-order valence-electron chi connectivity index (χ3n) is 4.83. The molecule has 1 saturated carbocycles. The summed E-state index contributed by atoms with van der Waals surface area (Å²) >= 11 is 0. The number of aromatic amines is 1. The summed E-state index contributed by atoms with van der Waals surface area (Å²) < 4.78 is 5.19. The van der Waals surface area contributed by atoms with Crippen LogP contribution >= 0.6 is 0 Å². The number of pyridine rings is 1. The minimum atomic E-state index is -0.517. The van der Waals surface area contributed by atoms with Gasteiger partial charge in [0.15, 0.2) is 0 Å². The van der Waals surface area contributed by atoms with Crippen molar-refractivity contribution in [3.8, 4) is 5.75 Å². The largest absolute Gasteiger partial charge is 0.497 e. The lowest BCUT2D eigenvalue weighted by Gasteiger charge is -2.17. The van der Waals surface area contributed by atoms with Crippen molar-refractivity contribution in [2.45, 2.75) is 25.8 Å². The van der Waals surface area contributed by atoms with Gasteiger partial charge in [-0.3, -0.25) is 14.4 Å². The maximum Gasteiger partial charge on any atom is 0.260 e. The van der Waals surface area contributed by atoms with Crippen molar-refractivity contribution in [2.75, 3.05) is 20.7 Å². The Kier molecular flexibility index (Phi) is 6.13. The van der Waals surface area contributed by atoms with Gasteiger partial charge in [0, 0.05) is 26.3 Å². The average Bonchev–Trinajstić information content (AvgIpc) is 3.52. The van der Waals surface area contributed by atoms with Crippen LogP contribution in [0.25, 0.3) is 0 Å². The van der Waals surface area contributed by atoms with Crippen molar-refractivity contribution in [2.24, 2.45) is 5.92 Å². The fourth-order valence-electron chi connectivity index (χ4n) is 2.99. The van der Waals surface area contributed by atoms with E-state index in [4.69, 9.17) is 4.74 Å². The van der Waals surface area contributed by atoms with Gasteiger partial charge in [-0.2, -0.15) is 0 Å². The predicted molar refractivity (Wildman–Crippen MR) is 106 cm³/mol. The number of rotatable bonds is 8. The Morgan fingerprint density at radius 1 is 1.29 bits per heavy atom. The third-order valence-corrected chi connectivity index (χ3v) is 4.83. The Bertz CT molecular complexity index is 918. The minimum absolute atomic E-state index is 0.0553. The summed E-state index contributed by atoms with van der Waals surface area (Å²) in [5, 5.41) is 2.84. The Balaban J connectivity index is 1.68. The SMILES string of the molecule is COc1cccc(CN(C)C(=O)c2cc(C(=O)NCCC3CC3)c[nH]c2=O)c1. The van der Waals surface area contributed by atoms with Gasteiger partial charge in [-0.05, 0) is 36.1 Å². The van der Waals surface area contributed by atoms with Crippen LogP contribution in [-0.4, -0.2) is 42.4 Å². The standard InChI is InChI=1S/C21H25N3O4/c1-24(13-15-4-3-5-17(10-15)28-2)21(27)18-11-16(12-23-20(18)26)19(25)22-9-8-14-6-7-14/h3-5,10-12,14H,6-9,13H2,1-2H3,(H,22,25)(H,23,26). The zero-order chi connectivity index (χ0) is 20.1. The van der Waals surface area contributed by atoms with E-state index in [0.717, 1.165) is 17.9 Å². The summed E-state index contributed by atoms with van der Waals surface area (Å²) in [6, 6.07) is 8.72. The zero-order valence-corrected chi connectivity index (χ0v) is 16.2. The molecule has 2 amide bonds. The molecule has 3 rings (SSSR count). The molecule has 0 aliphatic heterocycles. The normalized spacial score (nSPS) is 13.1. The highest BCUT2D eigenvalue weighted by molar-refractivity contribution is 5.99. The Hall–Kier alpha value is -3.09. The predicted octanol–water partition coefficient (Wildman–Crippen LogP) is 2.19. The summed E-state index contributed by atoms with van der Waals surface area (Å²) in [6.45, 7) is 0.912. The lowest BCUT2D eigenvalue weighted by Crippen LogP contribution is -2.32. The first-order chi connectivity index (χ1) is 13.5. The van der Waals surface area contributed by atoms with Gasteiger partial charge >= 0.3 is 0 Å². The summed E-state index contributed by atoms with van der Waals surface area (Å²) in [7, 11) is 3.19. The molecule has 148 valence electrons. The molecule has 0 radical (unpaired) electrons. The van der Waals surface area contributed by atoms with Crippen LogP contribution in [0.5, 0.6) is 5.75 Å². The Morgan fingerprint density at radius 2 is 2.07 bits per heavy atom. The van der Waals surface area contributed by atoms with Crippen LogP contribution in [0.3, 0.4) is 0 Å². The smallest absolute Gasteiger partial charge is 0.260 e. The highest BCUT2D eigenvalue weighted by atomic mass is 16.5. The molecule has 2 aromatic rings. The van der Waals surface area contributed by atoms with E-state index < -0.39 is 11.5 Å². The molecule has 2 N–H and O–H groups in total. The van der Waals surface area contributed by atoms with E-state index in [-0.39, 0.29) is 17.0 Å². The van der Waals surface area contributed by atoms with Gasteiger partial charge in [-0.15, -0.1) is 0 Å². The van der Waals surface area contributed by atoms with Gasteiger partial charge in [0.1, 0.15) is 11.3 Å². The first kappa shape index (κ1) is 19.7. The number of methoxy groups -OCH3 is 1. The summed E-state index contributed by atoms with van der Waals surface area (Å²) in [5.74, 6) is 0.678. The van der Waals surface area contributed by atoms with Gasteiger partial charge in [-0.1, -0.05) is 25.0 Å². The van der Waals surface area contributed by atoms with E-state index in [1.165, 1.54) is 30.0 Å². The number of aromatic nitrogens is 1. The summed E-state index contributed by atoms with van der Waals surface area (Å²) in [4.78, 5) is 41.1. The van der Waals surface area contributed by atoms with Crippen molar-refractivity contribution >= 4 is 11.8 Å². The first-order valence-electron chi connectivity index (χ1n) is 9.37. The van der Waals surface area contributed by atoms with E-state index in [2.05, 4.69) is 10.3 Å². The van der Waals surface area contributed by atoms with Crippen LogP contribution in [0.4, 0.5) is 0 Å². The molecule has 0 bridgehead atoms. The summed E-state index contributed by atoms with van der Waals surface area (Å²) in [6.07, 6.45) is 4.76. The zero-order valence-electron chi connectivity index (χ0n) is 16.2. The van der Waals surface area contributed by atoms with E-state index in [9.17, 15) is 14.4 Å². The molecule has 1 aliphatic carbocycles. The van der Waals surface area contributed by atoms with E-state index in [1.54, 1.807) is 14.2 Å². The molecule has 0 saturated heterocycles. The van der Waals surface area contributed by atoms with Crippen LogP contribution in [-0.2, 0) is 6.54 Å². The molecular weight excluding hydrogens is 358 g/mol. The molecule has 1 aromatic heterocycles. The van der Waals surface area contributed by atoms with Crippen molar-refractivity contribution in [1.29, 1.82) is 0 Å². The molecule has 1 heterocycles. The van der Waals surface area contributed by atoms with Gasteiger partial charge in [-0.25, -0.2) is 0 Å². The number of benzene rings is 1. The number of hydrogen-bond donors (Lipinski definition) is 2. The topological polar surface area (TPSA) is 91.5 Å². The number of hydrogen-bond acceptors (Lipinski definition) is 4. The van der Waals surface area contributed by atoms with Crippen molar-refractivity contribution in [1.82, 2.24) is 15.2 Å². The number of H-pyrrole nitrogens is 1. The number of ether oxygens (including phenoxy) is 1. The molecule has 0 unspecified atom stereocenters. The molecule has 0 atom stereocenters. The minimum Gasteiger partial charge on any atom is -0.497 e. The number of nitrogens with zero attached hydrogens (tertiary/aromatic N) is 1. The fourth-order valence-corrected chi connectivity index (χ4v) is 2.99. The van der Waals surface area contributed by atoms with E-state index in [0.29, 0.717) is 18.8 Å². The second-order valence-corrected chi connectivity index (χ2v) is 7.13. The molecular formula is C21H25N3O4. The van der Waals surface area contributed by atoms with Crippen LogP contribution in [0.1, 0.15) is 45.5 Å². The van der Waals surface area contributed by atoms with Crippen LogP contribution in [0, 0.1) is 5.92 Å². The van der Waals surface area contributed by atoms with Gasteiger partial charge in [0.25, 0.3) is 17.4 Å². The van der Waals surface area contributed by atoms with Crippen molar-refractivity contribution in [3.63, 3.8) is 0 Å². The Morgan fingerprint density at radius 3 is 2.79 bits per heavy atom. The maximum absolute atomic E-state index is 12.8. The highest BCUT2D eigenvalue weighted by Gasteiger charge is 2.21. The first-order valence-corrected chi connectivity index (χ1v) is 9.37. The maximum atomic E-state index is 12.8. The van der Waals surface area contributed by atoms with Crippen LogP contribution in [0.2, 0.25) is 0 Å². The molecule has 1 aromatic carbocycles.